The van der Waals surface area contributed by atoms with Crippen LogP contribution < -0.4 is 10.2 Å². The zero-order valence-corrected chi connectivity index (χ0v) is 23.6. The average molecular weight is 554 g/mol. The van der Waals surface area contributed by atoms with Crippen LogP contribution in [0.2, 0.25) is 0 Å². The Labute approximate surface area is 240 Å². The molecule has 41 heavy (non-hydrogen) atoms. The summed E-state index contributed by atoms with van der Waals surface area (Å²) < 4.78 is 15.3. The topological polar surface area (TPSA) is 60.8 Å². The largest absolute Gasteiger partial charge is 0.369 e. The Hall–Kier alpha value is -4.17. The van der Waals surface area contributed by atoms with Gasteiger partial charge in [0.25, 0.3) is 5.91 Å². The van der Waals surface area contributed by atoms with Crippen LogP contribution in [0.4, 0.5) is 10.1 Å². The molecule has 4 aromatic rings. The van der Waals surface area contributed by atoms with Crippen LogP contribution >= 0.6 is 0 Å². The van der Waals surface area contributed by atoms with Crippen molar-refractivity contribution in [3.8, 4) is 0 Å². The highest BCUT2D eigenvalue weighted by Gasteiger charge is 2.43. The third kappa shape index (κ3) is 5.20. The van der Waals surface area contributed by atoms with E-state index in [1.54, 1.807) is 11.9 Å². The molecular weight excluding hydrogens is 517 g/mol. The molecule has 8 heteroatoms. The van der Waals surface area contributed by atoms with Gasteiger partial charge in [-0.1, -0.05) is 36.4 Å². The molecule has 2 atom stereocenters. The SMILES string of the molecule is CN1C(=O)c2ccccc2C(C(=O)NCCCN2CCN(c3ccc(F)cc3)CC2)C1c1cn(C)c2ccccc12. The summed E-state index contributed by atoms with van der Waals surface area (Å²) in [7, 11) is 3.80. The second kappa shape index (κ2) is 11.4. The van der Waals surface area contributed by atoms with Crippen LogP contribution in [0.3, 0.4) is 0 Å². The van der Waals surface area contributed by atoms with E-state index in [4.69, 9.17) is 0 Å². The molecule has 1 saturated heterocycles. The smallest absolute Gasteiger partial charge is 0.254 e. The van der Waals surface area contributed by atoms with Crippen molar-refractivity contribution in [2.24, 2.45) is 7.05 Å². The van der Waals surface area contributed by atoms with Crippen molar-refractivity contribution in [2.75, 3.05) is 51.2 Å². The normalized spacial score (nSPS) is 19.4. The van der Waals surface area contributed by atoms with Crippen molar-refractivity contribution in [1.82, 2.24) is 19.7 Å². The van der Waals surface area contributed by atoms with E-state index in [0.717, 1.165) is 66.9 Å². The van der Waals surface area contributed by atoms with Gasteiger partial charge in [-0.05, 0) is 54.9 Å². The van der Waals surface area contributed by atoms with Crippen LogP contribution in [0.15, 0.2) is 79.0 Å². The molecule has 212 valence electrons. The molecule has 1 fully saturated rings. The number of rotatable bonds is 7. The third-order valence-electron chi connectivity index (χ3n) is 8.62. The Balaban J connectivity index is 1.14. The lowest BCUT2D eigenvalue weighted by Crippen LogP contribution is -2.47. The first-order chi connectivity index (χ1) is 19.9. The van der Waals surface area contributed by atoms with Gasteiger partial charge in [0.05, 0.1) is 12.0 Å². The standard InChI is InChI=1S/C33H36FN5O2/c1-36-22-28(25-8-5-6-11-29(25)36)31-30(26-9-3-4-10-27(26)33(41)37(31)2)32(40)35-16-7-17-38-18-20-39(21-19-38)24-14-12-23(34)13-15-24/h3-6,8-15,22,30-31H,7,16-21H2,1-2H3,(H,35,40). The summed E-state index contributed by atoms with van der Waals surface area (Å²) in [4.78, 5) is 33.8. The highest BCUT2D eigenvalue weighted by molar-refractivity contribution is 6.02. The van der Waals surface area contributed by atoms with Gasteiger partial charge < -0.3 is 19.7 Å². The number of carbonyl (C=O) groups excluding carboxylic acids is 2. The molecule has 1 N–H and O–H groups in total. The Morgan fingerprint density at radius 1 is 0.902 bits per heavy atom. The lowest BCUT2D eigenvalue weighted by molar-refractivity contribution is -0.124. The maximum Gasteiger partial charge on any atom is 0.254 e. The van der Waals surface area contributed by atoms with Gasteiger partial charge in [0.2, 0.25) is 5.91 Å². The highest BCUT2D eigenvalue weighted by atomic mass is 19.1. The Morgan fingerprint density at radius 3 is 2.39 bits per heavy atom. The molecule has 3 aromatic carbocycles. The van der Waals surface area contributed by atoms with Crippen LogP contribution in [0.5, 0.6) is 0 Å². The lowest BCUT2D eigenvalue weighted by atomic mass is 9.79. The average Bonchev–Trinajstić information content (AvgIpc) is 3.33. The van der Waals surface area contributed by atoms with Crippen molar-refractivity contribution >= 4 is 28.4 Å². The van der Waals surface area contributed by atoms with Gasteiger partial charge in [-0.2, -0.15) is 0 Å². The number of hydrogen-bond donors (Lipinski definition) is 1. The van der Waals surface area contributed by atoms with E-state index in [-0.39, 0.29) is 17.6 Å². The second-order valence-corrected chi connectivity index (χ2v) is 11.1. The highest BCUT2D eigenvalue weighted by Crippen LogP contribution is 2.44. The summed E-state index contributed by atoms with van der Waals surface area (Å²) in [5.74, 6) is -0.856. The number of aryl methyl sites for hydroxylation is 1. The van der Waals surface area contributed by atoms with Gasteiger partial charge in [0.1, 0.15) is 5.82 Å². The Morgan fingerprint density at radius 2 is 1.61 bits per heavy atom. The molecule has 6 rings (SSSR count). The van der Waals surface area contributed by atoms with Gasteiger partial charge in [0, 0.05) is 80.7 Å². The summed E-state index contributed by atoms with van der Waals surface area (Å²) in [6.07, 6.45) is 2.89. The molecule has 0 saturated carbocycles. The predicted octanol–water partition coefficient (Wildman–Crippen LogP) is 4.56. The third-order valence-corrected chi connectivity index (χ3v) is 8.62. The number of fused-ring (bicyclic) bond motifs is 2. The van der Waals surface area contributed by atoms with Crippen molar-refractivity contribution in [3.63, 3.8) is 0 Å². The van der Waals surface area contributed by atoms with E-state index in [1.807, 2.05) is 55.6 Å². The number of benzene rings is 3. The monoisotopic (exact) mass is 553 g/mol. The van der Waals surface area contributed by atoms with Crippen LogP contribution in [-0.2, 0) is 11.8 Å². The number of para-hydroxylation sites is 1. The summed E-state index contributed by atoms with van der Waals surface area (Å²) in [5.41, 5.74) is 4.47. The van der Waals surface area contributed by atoms with Gasteiger partial charge in [-0.25, -0.2) is 4.39 Å². The number of piperazine rings is 1. The number of nitrogens with one attached hydrogen (secondary N) is 1. The van der Waals surface area contributed by atoms with E-state index in [0.29, 0.717) is 12.1 Å². The minimum Gasteiger partial charge on any atom is -0.369 e. The first kappa shape index (κ1) is 27.0. The molecule has 2 aliphatic heterocycles. The second-order valence-electron chi connectivity index (χ2n) is 11.1. The molecule has 7 nitrogen and oxygen atoms in total. The number of nitrogens with zero attached hydrogens (tertiary/aromatic N) is 4. The van der Waals surface area contributed by atoms with Crippen LogP contribution in [0.1, 0.15) is 39.9 Å². The summed E-state index contributed by atoms with van der Waals surface area (Å²) >= 11 is 0. The maximum absolute atomic E-state index is 13.9. The van der Waals surface area contributed by atoms with Gasteiger partial charge in [-0.15, -0.1) is 0 Å². The van der Waals surface area contributed by atoms with E-state index in [1.165, 1.54) is 12.1 Å². The quantitative estimate of drug-likeness (QED) is 0.341. The van der Waals surface area contributed by atoms with Gasteiger partial charge >= 0.3 is 0 Å². The van der Waals surface area contributed by atoms with Crippen molar-refractivity contribution < 1.29 is 14.0 Å². The molecule has 2 amide bonds. The minimum absolute atomic E-state index is 0.0594. The number of halogens is 1. The van der Waals surface area contributed by atoms with Crippen molar-refractivity contribution in [2.45, 2.75) is 18.4 Å². The predicted molar refractivity (Wildman–Crippen MR) is 160 cm³/mol. The molecule has 0 bridgehead atoms. The number of amides is 2. The van der Waals surface area contributed by atoms with Crippen LogP contribution in [-0.4, -0.2) is 72.5 Å². The van der Waals surface area contributed by atoms with Gasteiger partial charge in [-0.3, -0.25) is 14.5 Å². The number of carbonyl (C=O) groups is 2. The van der Waals surface area contributed by atoms with Gasteiger partial charge in [0.15, 0.2) is 0 Å². The minimum atomic E-state index is -0.515. The number of anilines is 1. The molecule has 2 aliphatic rings. The number of likely N-dealkylation sites (N-methyl/N-ethyl adjacent to an activating group) is 1. The molecule has 2 unspecified atom stereocenters. The van der Waals surface area contributed by atoms with Crippen LogP contribution in [0.25, 0.3) is 10.9 Å². The van der Waals surface area contributed by atoms with Crippen molar-refractivity contribution in [1.29, 1.82) is 0 Å². The van der Waals surface area contributed by atoms with Crippen molar-refractivity contribution in [3.05, 3.63) is 102 Å². The molecular formula is C33H36FN5O2. The van der Waals surface area contributed by atoms with Crippen LogP contribution in [0, 0.1) is 5.82 Å². The summed E-state index contributed by atoms with van der Waals surface area (Å²) in [6.45, 7) is 5.10. The molecule has 3 heterocycles. The van der Waals surface area contributed by atoms with E-state index in [9.17, 15) is 14.0 Å². The summed E-state index contributed by atoms with van der Waals surface area (Å²) in [6, 6.07) is 21.9. The maximum atomic E-state index is 13.9. The fourth-order valence-corrected chi connectivity index (χ4v) is 6.46. The number of aromatic nitrogens is 1. The molecule has 0 radical (unpaired) electrons. The molecule has 0 spiro atoms. The first-order valence-electron chi connectivity index (χ1n) is 14.3. The fourth-order valence-electron chi connectivity index (χ4n) is 6.46. The fraction of sp³-hybridized carbons (Fsp3) is 0.333. The summed E-state index contributed by atoms with van der Waals surface area (Å²) in [5, 5.41) is 4.26. The zero-order valence-electron chi connectivity index (χ0n) is 23.6. The number of hydrogen-bond acceptors (Lipinski definition) is 4. The molecule has 0 aliphatic carbocycles. The van der Waals surface area contributed by atoms with E-state index >= 15 is 0 Å². The lowest BCUT2D eigenvalue weighted by Gasteiger charge is -2.39. The zero-order chi connectivity index (χ0) is 28.5. The van der Waals surface area contributed by atoms with E-state index in [2.05, 4.69) is 38.0 Å². The Kier molecular flexibility index (Phi) is 7.49. The van der Waals surface area contributed by atoms with E-state index < -0.39 is 12.0 Å². The molecule has 1 aromatic heterocycles. The Bertz CT molecular complexity index is 1560. The first-order valence-corrected chi connectivity index (χ1v) is 14.3.